The van der Waals surface area contributed by atoms with Gasteiger partial charge in [-0.2, -0.15) is 4.98 Å². The molecule has 0 saturated carbocycles. The van der Waals surface area contributed by atoms with Gasteiger partial charge in [0.05, 0.1) is 22.7 Å². The van der Waals surface area contributed by atoms with Gasteiger partial charge in [-0.15, -0.1) is 0 Å². The third kappa shape index (κ3) is 4.12. The zero-order valence-electron chi connectivity index (χ0n) is 18.3. The summed E-state index contributed by atoms with van der Waals surface area (Å²) < 4.78 is 24.3. The Hall–Kier alpha value is -3.09. The number of piperazine rings is 1. The lowest BCUT2D eigenvalue weighted by molar-refractivity contribution is 0.0806. The Morgan fingerprint density at radius 1 is 1.18 bits per heavy atom. The summed E-state index contributed by atoms with van der Waals surface area (Å²) in [6.07, 6.45) is 2.33. The molecule has 2 aromatic heterocycles. The second-order valence-corrected chi connectivity index (χ2v) is 9.69. The van der Waals surface area contributed by atoms with Crippen LogP contribution in [0.2, 0.25) is 0 Å². The number of anilines is 2. The van der Waals surface area contributed by atoms with Gasteiger partial charge in [0.1, 0.15) is 5.82 Å². The maximum atomic E-state index is 13.3. The van der Waals surface area contributed by atoms with Crippen LogP contribution < -0.4 is 20.9 Å². The topological polar surface area (TPSA) is 117 Å². The highest BCUT2D eigenvalue weighted by atomic mass is 32.1. The first-order valence-electron chi connectivity index (χ1n) is 11.4. The van der Waals surface area contributed by atoms with Crippen LogP contribution in [0.3, 0.4) is 0 Å². The second-order valence-electron chi connectivity index (χ2n) is 8.66. The molecule has 2 amide bonds. The Balaban J connectivity index is 1.21. The van der Waals surface area contributed by atoms with Crippen molar-refractivity contribution in [1.29, 1.82) is 0 Å². The maximum absolute atomic E-state index is 13.3. The van der Waals surface area contributed by atoms with Gasteiger partial charge in [0.25, 0.3) is 0 Å². The minimum atomic E-state index is -0.312. The van der Waals surface area contributed by atoms with E-state index in [1.165, 1.54) is 23.5 Å². The van der Waals surface area contributed by atoms with Gasteiger partial charge in [-0.25, -0.2) is 14.2 Å². The van der Waals surface area contributed by atoms with Gasteiger partial charge in [-0.05, 0) is 37.1 Å². The average molecular weight is 486 g/mol. The number of rotatable bonds is 4. The highest BCUT2D eigenvalue weighted by molar-refractivity contribution is 7.16. The van der Waals surface area contributed by atoms with E-state index in [4.69, 9.17) is 14.2 Å². The fourth-order valence-electron chi connectivity index (χ4n) is 4.76. The van der Waals surface area contributed by atoms with Gasteiger partial charge in [0.2, 0.25) is 5.82 Å². The van der Waals surface area contributed by atoms with Crippen LogP contribution in [0.4, 0.5) is 20.3 Å². The zero-order chi connectivity index (χ0) is 23.1. The van der Waals surface area contributed by atoms with Crippen LogP contribution in [-0.2, 0) is 11.2 Å². The number of ether oxygens (including phenoxy) is 1. The highest BCUT2D eigenvalue weighted by Gasteiger charge is 2.42. The molecular weight excluding hydrogens is 461 g/mol. The number of hydrogen-bond acceptors (Lipinski definition) is 9. The summed E-state index contributed by atoms with van der Waals surface area (Å²) in [6, 6.07) is 6.39. The standard InChI is InChI=1S/C22H24FN7O3S/c23-13-3-1-12(2-4-13)19-27-22(33-29-19)30-15-9-16-18(17(30)11-24-10-15)34-21(26-16)28-20(31)25-14-5-7-32-8-6-14/h1-4,14-15,17,24H,5-11H2,(H2,25,26,28,31). The number of thiazole rings is 1. The number of amides is 2. The van der Waals surface area contributed by atoms with E-state index in [0.717, 1.165) is 30.0 Å². The summed E-state index contributed by atoms with van der Waals surface area (Å²) >= 11 is 1.48. The summed E-state index contributed by atoms with van der Waals surface area (Å²) in [5.74, 6) is 0.107. The van der Waals surface area contributed by atoms with Crippen molar-refractivity contribution in [3.05, 3.63) is 40.7 Å². The predicted octanol–water partition coefficient (Wildman–Crippen LogP) is 2.71. The molecule has 2 unspecified atom stereocenters. The van der Waals surface area contributed by atoms with E-state index in [0.29, 0.717) is 48.7 Å². The molecule has 2 atom stereocenters. The molecule has 3 aliphatic heterocycles. The van der Waals surface area contributed by atoms with Crippen LogP contribution in [0.15, 0.2) is 28.8 Å². The average Bonchev–Trinajstić information content (AvgIpc) is 3.47. The maximum Gasteiger partial charge on any atom is 0.325 e. The summed E-state index contributed by atoms with van der Waals surface area (Å²) in [6.45, 7) is 2.80. The van der Waals surface area contributed by atoms with Gasteiger partial charge < -0.3 is 24.8 Å². The molecule has 3 aliphatic rings. The van der Waals surface area contributed by atoms with E-state index in [1.807, 2.05) is 0 Å². The lowest BCUT2D eigenvalue weighted by atomic mass is 9.95. The van der Waals surface area contributed by atoms with Crippen molar-refractivity contribution in [3.8, 4) is 11.4 Å². The molecule has 1 aromatic carbocycles. The number of halogens is 1. The van der Waals surface area contributed by atoms with E-state index >= 15 is 0 Å². The largest absolute Gasteiger partial charge is 0.381 e. The monoisotopic (exact) mass is 485 g/mol. The number of nitrogens with one attached hydrogen (secondary N) is 3. The molecule has 178 valence electrons. The Bertz CT molecular complexity index is 1180. The van der Waals surface area contributed by atoms with Crippen molar-refractivity contribution in [2.75, 3.05) is 36.5 Å². The third-order valence-corrected chi connectivity index (χ3v) is 7.54. The van der Waals surface area contributed by atoms with Gasteiger partial charge in [-0.1, -0.05) is 16.5 Å². The molecule has 3 aromatic rings. The summed E-state index contributed by atoms with van der Waals surface area (Å²) in [4.78, 5) is 25.0. The van der Waals surface area contributed by atoms with Gasteiger partial charge in [0.15, 0.2) is 5.13 Å². The minimum Gasteiger partial charge on any atom is -0.381 e. The first kappa shape index (κ1) is 21.4. The molecule has 2 saturated heterocycles. The van der Waals surface area contributed by atoms with Crippen molar-refractivity contribution in [2.24, 2.45) is 0 Å². The first-order chi connectivity index (χ1) is 16.6. The van der Waals surface area contributed by atoms with Crippen molar-refractivity contribution in [1.82, 2.24) is 25.8 Å². The number of carbonyl (C=O) groups is 1. The Labute approximate surface area is 198 Å². The summed E-state index contributed by atoms with van der Waals surface area (Å²) in [5.41, 5.74) is 1.69. The summed E-state index contributed by atoms with van der Waals surface area (Å²) in [5, 5.41) is 14.1. The van der Waals surface area contributed by atoms with Crippen molar-refractivity contribution < 1.29 is 18.4 Å². The van der Waals surface area contributed by atoms with Crippen LogP contribution in [0.5, 0.6) is 0 Å². The van der Waals surface area contributed by atoms with Crippen LogP contribution in [0.1, 0.15) is 29.5 Å². The van der Waals surface area contributed by atoms with E-state index in [2.05, 4.69) is 31.0 Å². The van der Waals surface area contributed by atoms with Crippen molar-refractivity contribution in [3.63, 3.8) is 0 Å². The number of aromatic nitrogens is 3. The van der Waals surface area contributed by atoms with Gasteiger partial charge in [-0.3, -0.25) is 5.32 Å². The molecule has 0 aliphatic carbocycles. The molecule has 0 spiro atoms. The number of carbonyl (C=O) groups excluding carboxylic acids is 1. The molecule has 34 heavy (non-hydrogen) atoms. The SMILES string of the molecule is O=C(Nc1nc2c(s1)C1CNCC(C2)N1c1nc(-c2ccc(F)cc2)no1)NC1CCOCC1. The van der Waals surface area contributed by atoms with Crippen LogP contribution >= 0.6 is 11.3 Å². The van der Waals surface area contributed by atoms with Crippen LogP contribution in [0.25, 0.3) is 11.4 Å². The first-order valence-corrected chi connectivity index (χ1v) is 12.2. The lowest BCUT2D eigenvalue weighted by Crippen LogP contribution is -2.56. The number of fused-ring (bicyclic) bond motifs is 4. The van der Waals surface area contributed by atoms with E-state index in [-0.39, 0.29) is 30.0 Å². The van der Waals surface area contributed by atoms with Crippen LogP contribution in [0, 0.1) is 5.82 Å². The smallest absolute Gasteiger partial charge is 0.325 e. The minimum absolute atomic E-state index is 0.0318. The zero-order valence-corrected chi connectivity index (χ0v) is 19.1. The molecule has 12 heteroatoms. The number of benzene rings is 1. The number of hydrogen-bond donors (Lipinski definition) is 3. The normalized spacial score (nSPS) is 22.3. The molecule has 6 rings (SSSR count). The molecule has 10 nitrogen and oxygen atoms in total. The fraction of sp³-hybridized carbons (Fsp3) is 0.455. The molecule has 0 radical (unpaired) electrons. The number of urea groups is 1. The summed E-state index contributed by atoms with van der Waals surface area (Å²) in [7, 11) is 0. The van der Waals surface area contributed by atoms with Gasteiger partial charge in [0, 0.05) is 44.3 Å². The molecule has 3 N–H and O–H groups in total. The third-order valence-electron chi connectivity index (χ3n) is 6.42. The number of nitrogens with zero attached hydrogens (tertiary/aromatic N) is 4. The molecule has 5 heterocycles. The molecule has 2 bridgehead atoms. The molecule has 2 fully saturated rings. The predicted molar refractivity (Wildman–Crippen MR) is 123 cm³/mol. The Morgan fingerprint density at radius 3 is 2.82 bits per heavy atom. The Morgan fingerprint density at radius 2 is 2.00 bits per heavy atom. The molecular formula is C22H24FN7O3S. The van der Waals surface area contributed by atoms with Crippen LogP contribution in [-0.4, -0.2) is 59.5 Å². The second kappa shape index (κ2) is 8.93. The van der Waals surface area contributed by atoms with E-state index < -0.39 is 0 Å². The lowest BCUT2D eigenvalue weighted by Gasteiger charge is -2.44. The van der Waals surface area contributed by atoms with Gasteiger partial charge >= 0.3 is 12.0 Å². The van der Waals surface area contributed by atoms with E-state index in [1.54, 1.807) is 12.1 Å². The fourth-order valence-corrected chi connectivity index (χ4v) is 5.85. The van der Waals surface area contributed by atoms with Crippen molar-refractivity contribution in [2.45, 2.75) is 37.4 Å². The van der Waals surface area contributed by atoms with E-state index in [9.17, 15) is 9.18 Å². The quantitative estimate of drug-likeness (QED) is 0.517. The highest BCUT2D eigenvalue weighted by Crippen LogP contribution is 2.42. The Kier molecular flexibility index (Phi) is 5.63. The van der Waals surface area contributed by atoms with Crippen molar-refractivity contribution >= 4 is 28.5 Å².